The lowest BCUT2D eigenvalue weighted by Gasteiger charge is -2.21. The third-order valence-corrected chi connectivity index (χ3v) is 3.27. The number of fused-ring (bicyclic) bond motifs is 1. The molecule has 0 aromatic carbocycles. The highest BCUT2D eigenvalue weighted by molar-refractivity contribution is 5.48. The minimum absolute atomic E-state index is 0.169. The van der Waals surface area contributed by atoms with Gasteiger partial charge >= 0.3 is 0 Å². The third kappa shape index (κ3) is 1.71. The van der Waals surface area contributed by atoms with Crippen molar-refractivity contribution in [2.24, 2.45) is 0 Å². The summed E-state index contributed by atoms with van der Waals surface area (Å²) in [6, 6.07) is 1.85. The lowest BCUT2D eigenvalue weighted by Crippen LogP contribution is -2.33. The first-order chi connectivity index (χ1) is 8.61. The zero-order chi connectivity index (χ0) is 12.8. The zero-order valence-electron chi connectivity index (χ0n) is 10.0. The monoisotopic (exact) mass is 251 g/mol. The Hall–Kier alpha value is -1.76. The van der Waals surface area contributed by atoms with E-state index in [4.69, 9.17) is 5.11 Å². The van der Waals surface area contributed by atoms with Crippen LogP contribution in [0.2, 0.25) is 0 Å². The summed E-state index contributed by atoms with van der Waals surface area (Å²) in [5.41, 5.74) is -0.713. The SMILES string of the molecule is Cc1cc(N2CCC(F)(CO)C2)n2ncnc2n1. The van der Waals surface area contributed by atoms with Crippen LogP contribution in [0.25, 0.3) is 5.78 Å². The number of aliphatic hydroxyl groups excluding tert-OH is 1. The minimum Gasteiger partial charge on any atom is -0.393 e. The molecule has 1 unspecified atom stereocenters. The lowest BCUT2D eigenvalue weighted by atomic mass is 10.1. The second-order valence-electron chi connectivity index (χ2n) is 4.71. The standard InChI is InChI=1S/C11H14FN5O/c1-8-4-9(17-10(15-8)13-7-14-17)16-3-2-11(12,5-16)6-18/h4,7,18H,2-3,5-6H2,1H3. The van der Waals surface area contributed by atoms with Crippen molar-refractivity contribution in [1.82, 2.24) is 19.6 Å². The first-order valence-corrected chi connectivity index (χ1v) is 5.83. The van der Waals surface area contributed by atoms with Crippen molar-refractivity contribution in [3.8, 4) is 0 Å². The first kappa shape index (κ1) is 11.3. The van der Waals surface area contributed by atoms with Gasteiger partial charge in [0.1, 0.15) is 12.1 Å². The Bertz CT molecular complexity index is 586. The number of aromatic nitrogens is 4. The summed E-state index contributed by atoms with van der Waals surface area (Å²) in [6.07, 6.45) is 1.75. The topological polar surface area (TPSA) is 66.5 Å². The van der Waals surface area contributed by atoms with E-state index in [-0.39, 0.29) is 6.54 Å². The van der Waals surface area contributed by atoms with E-state index in [1.165, 1.54) is 6.33 Å². The molecular weight excluding hydrogens is 237 g/mol. The molecule has 2 aromatic heterocycles. The molecule has 0 spiro atoms. The molecule has 96 valence electrons. The van der Waals surface area contributed by atoms with Crippen LogP contribution >= 0.6 is 0 Å². The molecule has 3 rings (SSSR count). The zero-order valence-corrected chi connectivity index (χ0v) is 10.0. The largest absolute Gasteiger partial charge is 0.393 e. The van der Waals surface area contributed by atoms with E-state index in [2.05, 4.69) is 15.1 Å². The molecule has 7 heteroatoms. The summed E-state index contributed by atoms with van der Waals surface area (Å²) in [5.74, 6) is 1.27. The Labute approximate surface area is 103 Å². The van der Waals surface area contributed by atoms with Crippen molar-refractivity contribution < 1.29 is 9.50 Å². The molecule has 0 aliphatic carbocycles. The predicted octanol–water partition coefficient (Wildman–Crippen LogP) is 0.343. The van der Waals surface area contributed by atoms with Crippen molar-refractivity contribution in [3.63, 3.8) is 0 Å². The molecular formula is C11H14FN5O. The van der Waals surface area contributed by atoms with E-state index in [0.717, 1.165) is 11.5 Å². The Kier molecular flexibility index (Phi) is 2.44. The third-order valence-electron chi connectivity index (χ3n) is 3.27. The number of aliphatic hydroxyl groups is 1. The Morgan fingerprint density at radius 1 is 1.56 bits per heavy atom. The molecule has 1 aliphatic heterocycles. The quantitative estimate of drug-likeness (QED) is 0.834. The van der Waals surface area contributed by atoms with E-state index >= 15 is 0 Å². The molecule has 18 heavy (non-hydrogen) atoms. The van der Waals surface area contributed by atoms with Crippen LogP contribution in [0, 0.1) is 6.92 Å². The van der Waals surface area contributed by atoms with Crippen LogP contribution in [-0.4, -0.2) is 50.1 Å². The van der Waals surface area contributed by atoms with Gasteiger partial charge in [0.25, 0.3) is 5.78 Å². The molecule has 1 atom stereocenters. The number of anilines is 1. The summed E-state index contributed by atoms with van der Waals surface area (Å²) in [6.45, 7) is 2.13. The van der Waals surface area contributed by atoms with E-state index < -0.39 is 12.3 Å². The van der Waals surface area contributed by atoms with Gasteiger partial charge in [-0.25, -0.2) is 9.37 Å². The molecule has 2 aromatic rings. The van der Waals surface area contributed by atoms with Crippen LogP contribution in [0.4, 0.5) is 10.2 Å². The molecule has 1 N–H and O–H groups in total. The minimum atomic E-state index is -1.52. The maximum atomic E-state index is 14.1. The molecule has 0 bridgehead atoms. The van der Waals surface area contributed by atoms with Gasteiger partial charge in [0.15, 0.2) is 5.67 Å². The Morgan fingerprint density at radius 3 is 3.11 bits per heavy atom. The fourth-order valence-corrected chi connectivity index (χ4v) is 2.30. The van der Waals surface area contributed by atoms with Gasteiger partial charge in [0.2, 0.25) is 0 Å². The van der Waals surface area contributed by atoms with Gasteiger partial charge in [-0.05, 0) is 6.92 Å². The van der Waals surface area contributed by atoms with Gasteiger partial charge in [-0.2, -0.15) is 14.6 Å². The van der Waals surface area contributed by atoms with Gasteiger partial charge in [-0.15, -0.1) is 0 Å². The fraction of sp³-hybridized carbons (Fsp3) is 0.545. The molecule has 0 amide bonds. The number of hydrogen-bond donors (Lipinski definition) is 1. The van der Waals surface area contributed by atoms with Gasteiger partial charge < -0.3 is 10.0 Å². The molecule has 0 saturated carbocycles. The predicted molar refractivity (Wildman–Crippen MR) is 63.3 cm³/mol. The van der Waals surface area contributed by atoms with Crippen LogP contribution in [-0.2, 0) is 0 Å². The van der Waals surface area contributed by atoms with Crippen molar-refractivity contribution in [1.29, 1.82) is 0 Å². The van der Waals surface area contributed by atoms with Crippen LogP contribution in [0.1, 0.15) is 12.1 Å². The number of aryl methyl sites for hydroxylation is 1. The normalized spacial score (nSPS) is 24.1. The van der Waals surface area contributed by atoms with Gasteiger partial charge in [-0.1, -0.05) is 0 Å². The Morgan fingerprint density at radius 2 is 2.39 bits per heavy atom. The van der Waals surface area contributed by atoms with E-state index in [0.29, 0.717) is 18.7 Å². The highest BCUT2D eigenvalue weighted by atomic mass is 19.1. The number of hydrogen-bond acceptors (Lipinski definition) is 5. The van der Waals surface area contributed by atoms with Gasteiger partial charge in [0.05, 0.1) is 13.2 Å². The van der Waals surface area contributed by atoms with Crippen molar-refractivity contribution >= 4 is 11.6 Å². The lowest BCUT2D eigenvalue weighted by molar-refractivity contribution is 0.0909. The van der Waals surface area contributed by atoms with E-state index in [1.807, 2.05) is 17.9 Å². The van der Waals surface area contributed by atoms with E-state index in [1.54, 1.807) is 4.52 Å². The van der Waals surface area contributed by atoms with Crippen molar-refractivity contribution in [3.05, 3.63) is 18.1 Å². The second-order valence-corrected chi connectivity index (χ2v) is 4.71. The van der Waals surface area contributed by atoms with Gasteiger partial charge in [-0.3, -0.25) is 0 Å². The maximum absolute atomic E-state index is 14.1. The highest BCUT2D eigenvalue weighted by Crippen LogP contribution is 2.29. The number of halogens is 1. The number of rotatable bonds is 2. The molecule has 6 nitrogen and oxygen atoms in total. The summed E-state index contributed by atoms with van der Waals surface area (Å²) in [4.78, 5) is 10.2. The summed E-state index contributed by atoms with van der Waals surface area (Å²) < 4.78 is 15.6. The summed E-state index contributed by atoms with van der Waals surface area (Å²) in [7, 11) is 0. The molecule has 0 radical (unpaired) electrons. The van der Waals surface area contributed by atoms with Crippen LogP contribution in [0.15, 0.2) is 12.4 Å². The van der Waals surface area contributed by atoms with E-state index in [9.17, 15) is 4.39 Å². The van der Waals surface area contributed by atoms with Crippen molar-refractivity contribution in [2.45, 2.75) is 19.0 Å². The van der Waals surface area contributed by atoms with Gasteiger partial charge in [0, 0.05) is 24.7 Å². The van der Waals surface area contributed by atoms with Crippen LogP contribution < -0.4 is 4.90 Å². The molecule has 1 fully saturated rings. The number of alkyl halides is 1. The Balaban J connectivity index is 2.02. The highest BCUT2D eigenvalue weighted by Gasteiger charge is 2.38. The first-order valence-electron chi connectivity index (χ1n) is 5.83. The second kappa shape index (κ2) is 3.88. The van der Waals surface area contributed by atoms with Crippen molar-refractivity contribution in [2.75, 3.05) is 24.6 Å². The molecule has 1 aliphatic rings. The summed E-state index contributed by atoms with van der Waals surface area (Å²) in [5, 5.41) is 13.2. The summed E-state index contributed by atoms with van der Waals surface area (Å²) >= 11 is 0. The molecule has 3 heterocycles. The maximum Gasteiger partial charge on any atom is 0.254 e. The average molecular weight is 251 g/mol. The van der Waals surface area contributed by atoms with Crippen LogP contribution in [0.5, 0.6) is 0 Å². The fourth-order valence-electron chi connectivity index (χ4n) is 2.30. The average Bonchev–Trinajstić information content (AvgIpc) is 2.95. The number of nitrogens with zero attached hydrogens (tertiary/aromatic N) is 5. The molecule has 1 saturated heterocycles. The van der Waals surface area contributed by atoms with Crippen LogP contribution in [0.3, 0.4) is 0 Å². The smallest absolute Gasteiger partial charge is 0.254 e.